The Morgan fingerprint density at radius 1 is 1.04 bits per heavy atom. The van der Waals surface area contributed by atoms with Crippen LogP contribution in [0, 0.1) is 24.7 Å². The van der Waals surface area contributed by atoms with Crippen LogP contribution < -0.4 is 5.32 Å². The summed E-state index contributed by atoms with van der Waals surface area (Å²) in [5, 5.41) is 16.5. The normalized spacial score (nSPS) is 15.9. The monoisotopic (exact) mass is 652 g/mol. The minimum atomic E-state index is -3.12. The fourth-order valence-electron chi connectivity index (χ4n) is 5.44. The summed E-state index contributed by atoms with van der Waals surface area (Å²) in [6.07, 6.45) is 4.84. The number of carboxylic acids is 1. The van der Waals surface area contributed by atoms with Crippen molar-refractivity contribution in [3.63, 3.8) is 0 Å². The van der Waals surface area contributed by atoms with Crippen molar-refractivity contribution < 1.29 is 23.7 Å². The summed E-state index contributed by atoms with van der Waals surface area (Å²) in [4.78, 5) is 44.2. The molecule has 1 aliphatic heterocycles. The lowest BCUT2D eigenvalue weighted by Crippen LogP contribution is -2.39. The third-order valence-corrected chi connectivity index (χ3v) is 10.1. The standard InChI is InChI=1S/C35H36N6O5S/c1-25-19-32(40(2)38-25)34(43)37-30-11-6-9-26(21-30)14-15-27-20-29(23-36-22-27)33(42)39-47(46,31-12-4-3-5-13-31)18-8-17-41-16-7-10-28(24-41)35(44)45/h3-6,9,11-13,19-23,28H,7-8,10,16-18,24H2,1-2H3,(H,37,43)(H,44,45)/t28?,47-/m0/s1. The van der Waals surface area contributed by atoms with Gasteiger partial charge < -0.3 is 15.3 Å². The Hall–Kier alpha value is -5.12. The second-order valence-corrected chi connectivity index (χ2v) is 13.8. The second kappa shape index (κ2) is 15.0. The van der Waals surface area contributed by atoms with Gasteiger partial charge in [-0.25, -0.2) is 4.21 Å². The summed E-state index contributed by atoms with van der Waals surface area (Å²) in [6.45, 7) is 3.63. The van der Waals surface area contributed by atoms with Gasteiger partial charge in [-0.2, -0.15) is 9.46 Å². The van der Waals surface area contributed by atoms with Crippen LogP contribution in [0.1, 0.15) is 56.9 Å². The summed E-state index contributed by atoms with van der Waals surface area (Å²) in [5.74, 6) is 4.05. The number of aromatic nitrogens is 3. The predicted molar refractivity (Wildman–Crippen MR) is 178 cm³/mol. The molecule has 12 heteroatoms. The first-order valence-corrected chi connectivity index (χ1v) is 17.0. The molecule has 1 fully saturated rings. The minimum absolute atomic E-state index is 0.150. The maximum atomic E-state index is 14.2. The van der Waals surface area contributed by atoms with Gasteiger partial charge in [-0.15, -0.1) is 0 Å². The van der Waals surface area contributed by atoms with Crippen LogP contribution in [-0.2, 0) is 21.6 Å². The SMILES string of the molecule is Cc1cc(C(=O)Nc2cccc(C#Cc3cncc(C(=O)N=[S@](=O)(CCCN4CCCC(C(=O)O)C4)c4ccccc4)c3)c2)n(C)n1. The molecule has 2 aromatic carbocycles. The number of nitrogens with one attached hydrogen (secondary N) is 1. The van der Waals surface area contributed by atoms with Crippen LogP contribution in [0.5, 0.6) is 0 Å². The molecule has 242 valence electrons. The van der Waals surface area contributed by atoms with Crippen molar-refractivity contribution in [2.75, 3.05) is 30.7 Å². The van der Waals surface area contributed by atoms with Crippen molar-refractivity contribution in [1.82, 2.24) is 19.7 Å². The number of aliphatic carboxylic acids is 1. The Morgan fingerprint density at radius 3 is 2.57 bits per heavy atom. The third kappa shape index (κ3) is 8.78. The summed E-state index contributed by atoms with van der Waals surface area (Å²) in [6, 6.07) is 19.1. The van der Waals surface area contributed by atoms with Crippen LogP contribution in [0.3, 0.4) is 0 Å². The molecule has 2 aromatic heterocycles. The van der Waals surface area contributed by atoms with Crippen molar-refractivity contribution in [2.45, 2.75) is 31.1 Å². The summed E-state index contributed by atoms with van der Waals surface area (Å²) < 4.78 is 20.0. The summed E-state index contributed by atoms with van der Waals surface area (Å²) in [5.41, 5.74) is 3.01. The van der Waals surface area contributed by atoms with Gasteiger partial charge in [0.05, 0.1) is 26.9 Å². The Morgan fingerprint density at radius 2 is 1.83 bits per heavy atom. The average molecular weight is 653 g/mol. The van der Waals surface area contributed by atoms with E-state index >= 15 is 0 Å². The number of anilines is 1. The van der Waals surface area contributed by atoms with Crippen LogP contribution >= 0.6 is 0 Å². The number of benzene rings is 2. The molecule has 4 aromatic rings. The van der Waals surface area contributed by atoms with E-state index in [9.17, 15) is 23.7 Å². The third-order valence-electron chi connectivity index (χ3n) is 7.78. The van der Waals surface area contributed by atoms with E-state index in [0.717, 1.165) is 18.7 Å². The first kappa shape index (κ1) is 33.2. The van der Waals surface area contributed by atoms with Crippen LogP contribution in [0.15, 0.2) is 88.4 Å². The molecule has 0 aliphatic carbocycles. The molecule has 1 unspecified atom stereocenters. The van der Waals surface area contributed by atoms with Crippen molar-refractivity contribution in [3.05, 3.63) is 107 Å². The molecule has 0 saturated carbocycles. The number of pyridine rings is 1. The van der Waals surface area contributed by atoms with Crippen LogP contribution in [0.4, 0.5) is 5.69 Å². The van der Waals surface area contributed by atoms with Gasteiger partial charge in [0.25, 0.3) is 11.8 Å². The van der Waals surface area contributed by atoms with Gasteiger partial charge in [0.15, 0.2) is 0 Å². The van der Waals surface area contributed by atoms with E-state index in [1.165, 1.54) is 17.1 Å². The van der Waals surface area contributed by atoms with Crippen LogP contribution in [-0.4, -0.2) is 72.2 Å². The van der Waals surface area contributed by atoms with Crippen molar-refractivity contribution in [3.8, 4) is 11.8 Å². The largest absolute Gasteiger partial charge is 0.481 e. The fourth-order valence-corrected chi connectivity index (χ4v) is 7.35. The Balaban J connectivity index is 1.30. The Kier molecular flexibility index (Phi) is 10.6. The number of amides is 2. The first-order valence-electron chi connectivity index (χ1n) is 15.3. The van der Waals surface area contributed by atoms with E-state index in [-0.39, 0.29) is 17.2 Å². The zero-order chi connectivity index (χ0) is 33.4. The summed E-state index contributed by atoms with van der Waals surface area (Å²) in [7, 11) is -1.41. The fraction of sp³-hybridized carbons (Fsp3) is 0.286. The number of nitrogens with zero attached hydrogens (tertiary/aromatic N) is 5. The van der Waals surface area contributed by atoms with Crippen LogP contribution in [0.25, 0.3) is 0 Å². The highest BCUT2D eigenvalue weighted by Gasteiger charge is 2.25. The number of likely N-dealkylation sites (tertiary alicyclic amines) is 1. The van der Waals surface area contributed by atoms with Gasteiger partial charge in [-0.1, -0.05) is 36.1 Å². The van der Waals surface area contributed by atoms with Crippen molar-refractivity contribution in [1.29, 1.82) is 0 Å². The highest BCUT2D eigenvalue weighted by atomic mass is 32.2. The molecule has 1 saturated heterocycles. The smallest absolute Gasteiger partial charge is 0.307 e. The number of aryl methyl sites for hydroxylation is 2. The lowest BCUT2D eigenvalue weighted by Gasteiger charge is -2.30. The molecule has 0 radical (unpaired) electrons. The number of hydrogen-bond acceptors (Lipinski definition) is 7. The topological polar surface area (TPSA) is 147 Å². The number of carbonyl (C=O) groups excluding carboxylic acids is 2. The molecule has 5 rings (SSSR count). The van der Waals surface area contributed by atoms with E-state index in [2.05, 4.69) is 36.5 Å². The number of hydrogen-bond donors (Lipinski definition) is 2. The highest BCUT2D eigenvalue weighted by Crippen LogP contribution is 2.20. The number of rotatable bonds is 9. The average Bonchev–Trinajstić information content (AvgIpc) is 3.42. The van der Waals surface area contributed by atoms with E-state index in [1.54, 1.807) is 67.7 Å². The van der Waals surface area contributed by atoms with E-state index in [4.69, 9.17) is 0 Å². The summed E-state index contributed by atoms with van der Waals surface area (Å²) >= 11 is 0. The second-order valence-electron chi connectivity index (χ2n) is 11.4. The lowest BCUT2D eigenvalue weighted by atomic mass is 9.98. The van der Waals surface area contributed by atoms with Gasteiger partial charge in [0, 0.05) is 53.4 Å². The van der Waals surface area contributed by atoms with E-state index in [1.807, 2.05) is 13.0 Å². The molecule has 1 aliphatic rings. The van der Waals surface area contributed by atoms with Gasteiger partial charge in [-0.3, -0.25) is 24.0 Å². The number of carboxylic acid groups (broad SMARTS) is 1. The molecule has 11 nitrogen and oxygen atoms in total. The van der Waals surface area contributed by atoms with Gasteiger partial charge in [0.1, 0.15) is 5.69 Å². The molecule has 3 heterocycles. The molecule has 2 N–H and O–H groups in total. The number of carbonyl (C=O) groups is 3. The van der Waals surface area contributed by atoms with Crippen molar-refractivity contribution in [2.24, 2.45) is 17.3 Å². The Bertz CT molecular complexity index is 1970. The maximum Gasteiger partial charge on any atom is 0.307 e. The van der Waals surface area contributed by atoms with E-state index in [0.29, 0.717) is 53.3 Å². The van der Waals surface area contributed by atoms with Crippen LogP contribution in [0.2, 0.25) is 0 Å². The van der Waals surface area contributed by atoms with Gasteiger partial charge >= 0.3 is 5.97 Å². The zero-order valence-electron chi connectivity index (χ0n) is 26.3. The molecule has 0 bridgehead atoms. The molecule has 47 heavy (non-hydrogen) atoms. The Labute approximate surface area is 274 Å². The quantitative estimate of drug-likeness (QED) is 0.249. The molecule has 0 spiro atoms. The number of piperidine rings is 1. The zero-order valence-corrected chi connectivity index (χ0v) is 27.1. The van der Waals surface area contributed by atoms with Crippen molar-refractivity contribution >= 4 is 33.2 Å². The lowest BCUT2D eigenvalue weighted by molar-refractivity contribution is -0.143. The molecular formula is C35H36N6O5S. The maximum absolute atomic E-state index is 14.2. The first-order chi connectivity index (χ1) is 22.6. The predicted octanol–water partition coefficient (Wildman–Crippen LogP) is 4.63. The molecular weight excluding hydrogens is 616 g/mol. The van der Waals surface area contributed by atoms with Gasteiger partial charge in [-0.05, 0) is 81.7 Å². The molecule has 2 amide bonds. The van der Waals surface area contributed by atoms with E-state index < -0.39 is 27.5 Å². The van der Waals surface area contributed by atoms with Gasteiger partial charge in [0.2, 0.25) is 0 Å². The highest BCUT2D eigenvalue weighted by molar-refractivity contribution is 7.94. The minimum Gasteiger partial charge on any atom is -0.481 e. The molecule has 2 atom stereocenters.